The number of fused-ring (bicyclic) bond motifs is 1. The molecule has 1 aromatic heterocycles. The van der Waals surface area contributed by atoms with Crippen LogP contribution in [0, 0.1) is 5.82 Å². The topological polar surface area (TPSA) is 49.3 Å². The van der Waals surface area contributed by atoms with Crippen molar-refractivity contribution in [2.45, 2.75) is 32.5 Å². The Morgan fingerprint density at radius 2 is 1.97 bits per heavy atom. The van der Waals surface area contributed by atoms with Crippen molar-refractivity contribution in [3.63, 3.8) is 0 Å². The maximum absolute atomic E-state index is 13.1. The SMILES string of the molecule is C[C@@H]1CN(Cc2ccc(F)cc2)[C@@H](C)CN1C(=O)C=Cc1cc(Cl)c2nsnc2c1. The zero-order chi connectivity index (χ0) is 21.3. The van der Waals surface area contributed by atoms with Crippen molar-refractivity contribution < 1.29 is 9.18 Å². The number of carbonyl (C=O) groups is 1. The lowest BCUT2D eigenvalue weighted by Crippen LogP contribution is -2.57. The summed E-state index contributed by atoms with van der Waals surface area (Å²) in [5.74, 6) is -0.253. The van der Waals surface area contributed by atoms with Crippen LogP contribution in [0.3, 0.4) is 0 Å². The fraction of sp³-hybridized carbons (Fsp3) is 0.318. The predicted octanol–water partition coefficient (Wildman–Crippen LogP) is 4.62. The monoisotopic (exact) mass is 444 g/mol. The van der Waals surface area contributed by atoms with Crippen molar-refractivity contribution in [3.05, 3.63) is 64.4 Å². The average Bonchev–Trinajstić information content (AvgIpc) is 3.19. The van der Waals surface area contributed by atoms with E-state index in [1.54, 1.807) is 18.2 Å². The second-order valence-corrected chi connectivity index (χ2v) is 8.65. The molecule has 30 heavy (non-hydrogen) atoms. The minimum Gasteiger partial charge on any atom is -0.334 e. The average molecular weight is 445 g/mol. The highest BCUT2D eigenvalue weighted by Gasteiger charge is 2.31. The van der Waals surface area contributed by atoms with Crippen LogP contribution in [0.25, 0.3) is 17.1 Å². The summed E-state index contributed by atoms with van der Waals surface area (Å²) in [4.78, 5) is 17.1. The summed E-state index contributed by atoms with van der Waals surface area (Å²) in [7, 11) is 0. The van der Waals surface area contributed by atoms with E-state index in [2.05, 4.69) is 27.5 Å². The zero-order valence-corrected chi connectivity index (χ0v) is 18.3. The second kappa shape index (κ2) is 8.79. The molecular formula is C22H22ClFN4OS. The third-order valence-electron chi connectivity index (χ3n) is 5.45. The van der Waals surface area contributed by atoms with E-state index in [9.17, 15) is 9.18 Å². The highest BCUT2D eigenvalue weighted by Crippen LogP contribution is 2.25. The molecule has 0 unspecified atom stereocenters. The van der Waals surface area contributed by atoms with Gasteiger partial charge in [-0.25, -0.2) is 4.39 Å². The molecule has 2 atom stereocenters. The Labute approximate surface area is 184 Å². The molecule has 0 N–H and O–H groups in total. The smallest absolute Gasteiger partial charge is 0.246 e. The number of amides is 1. The fourth-order valence-corrected chi connectivity index (χ4v) is 4.64. The molecule has 1 fully saturated rings. The maximum atomic E-state index is 13.1. The summed E-state index contributed by atoms with van der Waals surface area (Å²) < 4.78 is 21.5. The quantitative estimate of drug-likeness (QED) is 0.551. The molecule has 1 aliphatic rings. The van der Waals surface area contributed by atoms with Crippen LogP contribution in [-0.2, 0) is 11.3 Å². The number of halogens is 2. The Morgan fingerprint density at radius 1 is 1.20 bits per heavy atom. The number of hydrogen-bond acceptors (Lipinski definition) is 5. The Balaban J connectivity index is 1.42. The number of hydrogen-bond donors (Lipinski definition) is 0. The first kappa shape index (κ1) is 20.9. The van der Waals surface area contributed by atoms with E-state index in [0.29, 0.717) is 17.1 Å². The Morgan fingerprint density at radius 3 is 2.73 bits per heavy atom. The van der Waals surface area contributed by atoms with Crippen LogP contribution >= 0.6 is 23.3 Å². The Bertz CT molecular complexity index is 1080. The molecule has 2 heterocycles. The van der Waals surface area contributed by atoms with Gasteiger partial charge in [-0.05, 0) is 55.3 Å². The largest absolute Gasteiger partial charge is 0.334 e. The van der Waals surface area contributed by atoms with Gasteiger partial charge >= 0.3 is 0 Å². The van der Waals surface area contributed by atoms with Gasteiger partial charge in [0, 0.05) is 37.8 Å². The van der Waals surface area contributed by atoms with E-state index in [4.69, 9.17) is 11.6 Å². The van der Waals surface area contributed by atoms with Crippen LogP contribution in [0.15, 0.2) is 42.5 Å². The molecule has 1 saturated heterocycles. The number of carbonyl (C=O) groups excluding carboxylic acids is 1. The van der Waals surface area contributed by atoms with Gasteiger partial charge in [0.15, 0.2) is 0 Å². The molecule has 0 radical (unpaired) electrons. The third-order valence-corrected chi connectivity index (χ3v) is 6.28. The van der Waals surface area contributed by atoms with Crippen molar-refractivity contribution in [3.8, 4) is 0 Å². The van der Waals surface area contributed by atoms with Gasteiger partial charge in [-0.1, -0.05) is 23.7 Å². The molecule has 2 aromatic carbocycles. The molecule has 156 valence electrons. The van der Waals surface area contributed by atoms with Crippen molar-refractivity contribution in [2.75, 3.05) is 13.1 Å². The molecule has 0 bridgehead atoms. The van der Waals surface area contributed by atoms with Crippen molar-refractivity contribution in [2.24, 2.45) is 0 Å². The van der Waals surface area contributed by atoms with Crippen LogP contribution in [-0.4, -0.2) is 49.6 Å². The van der Waals surface area contributed by atoms with E-state index in [1.165, 1.54) is 12.1 Å². The standard InChI is InChI=1S/C22H22ClFN4OS/c1-14-12-28(15(2)11-27(14)13-16-3-6-18(24)7-4-16)21(29)8-5-17-9-19(23)22-20(10-17)25-30-26-22/h3-10,14-15H,11-13H2,1-2H3/t14-,15+/m0/s1. The molecule has 1 aliphatic heterocycles. The molecule has 1 amide bonds. The van der Waals surface area contributed by atoms with Crippen LogP contribution in [0.2, 0.25) is 5.02 Å². The van der Waals surface area contributed by atoms with E-state index in [0.717, 1.165) is 41.5 Å². The van der Waals surface area contributed by atoms with Gasteiger partial charge in [0.25, 0.3) is 0 Å². The van der Waals surface area contributed by atoms with E-state index < -0.39 is 0 Å². The van der Waals surface area contributed by atoms with Crippen LogP contribution in [0.4, 0.5) is 4.39 Å². The molecule has 4 rings (SSSR count). The fourth-order valence-electron chi connectivity index (χ4n) is 3.78. The summed E-state index contributed by atoms with van der Waals surface area (Å²) in [5, 5.41) is 0.532. The van der Waals surface area contributed by atoms with Crippen LogP contribution < -0.4 is 0 Å². The number of benzene rings is 2. The summed E-state index contributed by atoms with van der Waals surface area (Å²) in [6.45, 7) is 6.31. The van der Waals surface area contributed by atoms with Gasteiger partial charge in [-0.15, -0.1) is 0 Å². The highest BCUT2D eigenvalue weighted by molar-refractivity contribution is 7.00. The molecule has 3 aromatic rings. The molecule has 8 heteroatoms. The Kier molecular flexibility index (Phi) is 6.13. The minimum absolute atomic E-state index is 0.0246. The van der Waals surface area contributed by atoms with E-state index in [-0.39, 0.29) is 23.8 Å². The van der Waals surface area contributed by atoms with Crippen LogP contribution in [0.5, 0.6) is 0 Å². The summed E-state index contributed by atoms with van der Waals surface area (Å²) in [6, 6.07) is 10.5. The lowest BCUT2D eigenvalue weighted by Gasteiger charge is -2.44. The number of aromatic nitrogens is 2. The first-order chi connectivity index (χ1) is 14.4. The van der Waals surface area contributed by atoms with E-state index in [1.807, 2.05) is 23.1 Å². The lowest BCUT2D eigenvalue weighted by atomic mass is 10.1. The first-order valence-corrected chi connectivity index (χ1v) is 10.9. The minimum atomic E-state index is -0.228. The normalized spacial score (nSPS) is 20.3. The van der Waals surface area contributed by atoms with Gasteiger partial charge < -0.3 is 4.90 Å². The zero-order valence-electron chi connectivity index (χ0n) is 16.8. The molecule has 5 nitrogen and oxygen atoms in total. The molecule has 0 spiro atoms. The highest BCUT2D eigenvalue weighted by atomic mass is 35.5. The summed E-state index contributed by atoms with van der Waals surface area (Å²) in [5.41, 5.74) is 3.31. The van der Waals surface area contributed by atoms with Gasteiger partial charge in [-0.3, -0.25) is 9.69 Å². The van der Waals surface area contributed by atoms with Gasteiger partial charge in [0.1, 0.15) is 16.9 Å². The summed E-state index contributed by atoms with van der Waals surface area (Å²) in [6.07, 6.45) is 3.37. The predicted molar refractivity (Wildman–Crippen MR) is 119 cm³/mol. The van der Waals surface area contributed by atoms with E-state index >= 15 is 0 Å². The van der Waals surface area contributed by atoms with Crippen molar-refractivity contribution in [1.29, 1.82) is 0 Å². The van der Waals surface area contributed by atoms with Crippen LogP contribution in [0.1, 0.15) is 25.0 Å². The number of rotatable bonds is 4. The molecule has 0 saturated carbocycles. The first-order valence-electron chi connectivity index (χ1n) is 9.79. The molecular weight excluding hydrogens is 423 g/mol. The Hall–Kier alpha value is -2.35. The maximum Gasteiger partial charge on any atom is 0.246 e. The number of nitrogens with zero attached hydrogens (tertiary/aromatic N) is 4. The van der Waals surface area contributed by atoms with Gasteiger partial charge in [0.05, 0.1) is 16.8 Å². The lowest BCUT2D eigenvalue weighted by molar-refractivity contribution is -0.131. The third kappa shape index (κ3) is 4.53. The second-order valence-electron chi connectivity index (χ2n) is 7.71. The van der Waals surface area contributed by atoms with Gasteiger partial charge in [-0.2, -0.15) is 8.75 Å². The number of piperazine rings is 1. The van der Waals surface area contributed by atoms with Crippen molar-refractivity contribution in [1.82, 2.24) is 18.5 Å². The summed E-state index contributed by atoms with van der Waals surface area (Å²) >= 11 is 7.37. The van der Waals surface area contributed by atoms with Crippen molar-refractivity contribution >= 4 is 46.3 Å². The molecule has 0 aliphatic carbocycles. The van der Waals surface area contributed by atoms with Gasteiger partial charge in [0.2, 0.25) is 5.91 Å².